The molecular formula is C28H32N6OS. The molecule has 1 fully saturated rings. The van der Waals surface area contributed by atoms with E-state index in [4.69, 9.17) is 9.84 Å². The number of aliphatic imine (C=N–C) groups is 1. The molecule has 7 nitrogen and oxygen atoms in total. The molecule has 0 saturated carbocycles. The van der Waals surface area contributed by atoms with Crippen molar-refractivity contribution >= 4 is 29.3 Å². The zero-order valence-electron chi connectivity index (χ0n) is 21.0. The van der Waals surface area contributed by atoms with Crippen molar-refractivity contribution in [2.45, 2.75) is 38.2 Å². The first-order chi connectivity index (χ1) is 17.6. The van der Waals surface area contributed by atoms with Crippen LogP contribution in [0.3, 0.4) is 0 Å². The minimum Gasteiger partial charge on any atom is -0.490 e. The molecule has 2 N–H and O–H groups in total. The first kappa shape index (κ1) is 23.2. The molecule has 1 atom stereocenters. The summed E-state index contributed by atoms with van der Waals surface area (Å²) >= 11 is 1.88. The van der Waals surface area contributed by atoms with Gasteiger partial charge in [0.25, 0.3) is 0 Å². The quantitative estimate of drug-likeness (QED) is 0.528. The summed E-state index contributed by atoms with van der Waals surface area (Å²) in [6.45, 7) is 7.01. The van der Waals surface area contributed by atoms with Gasteiger partial charge in [0.2, 0.25) is 0 Å². The van der Waals surface area contributed by atoms with Crippen LogP contribution in [0.15, 0.2) is 69.8 Å². The zero-order valence-corrected chi connectivity index (χ0v) is 21.8. The van der Waals surface area contributed by atoms with E-state index in [1.807, 2.05) is 34.9 Å². The normalized spacial score (nSPS) is 21.0. The monoisotopic (exact) mass is 500 g/mol. The summed E-state index contributed by atoms with van der Waals surface area (Å²) in [5, 5.41) is 11.8. The Kier molecular flexibility index (Phi) is 6.23. The van der Waals surface area contributed by atoms with Crippen molar-refractivity contribution in [2.75, 3.05) is 26.7 Å². The van der Waals surface area contributed by atoms with E-state index in [0.29, 0.717) is 0 Å². The first-order valence-electron chi connectivity index (χ1n) is 12.6. The molecule has 3 aliphatic heterocycles. The SMILES string of the molecule is CC1=C(C2=C(c3ccccc3)N(C)C(c3c(C)nn4ccc(OC5CCNCC5)cc34)S2)NC=NC1. The van der Waals surface area contributed by atoms with Crippen LogP contribution in [0.5, 0.6) is 5.75 Å². The summed E-state index contributed by atoms with van der Waals surface area (Å²) in [6.07, 6.45) is 6.18. The molecule has 0 radical (unpaired) electrons. The lowest BCUT2D eigenvalue weighted by atomic mass is 10.1. The number of thioether (sulfide) groups is 1. The maximum absolute atomic E-state index is 6.39. The van der Waals surface area contributed by atoms with Crippen LogP contribution in [0.4, 0.5) is 0 Å². The predicted molar refractivity (Wildman–Crippen MR) is 147 cm³/mol. The smallest absolute Gasteiger partial charge is 0.123 e. The summed E-state index contributed by atoms with van der Waals surface area (Å²) in [5.41, 5.74) is 8.20. The number of nitrogens with one attached hydrogen (secondary N) is 2. The predicted octanol–water partition coefficient (Wildman–Crippen LogP) is 4.73. The number of nitrogens with zero attached hydrogens (tertiary/aromatic N) is 4. The highest BCUT2D eigenvalue weighted by atomic mass is 32.2. The Hall–Kier alpha value is -3.23. The number of aryl methyl sites for hydroxylation is 1. The standard InChI is InChI=1S/C28H32N6OS/c1-18-16-30-17-31-25(18)27-26(20-7-5-4-6-8-20)33(3)28(36-27)24-19(2)32-34-14-11-22(15-23(24)34)35-21-9-12-29-13-10-21/h4-8,11,14-15,17,21,28-29H,9-10,12-13,16H2,1-3H3,(H,30,31). The Morgan fingerprint density at radius 3 is 2.67 bits per heavy atom. The van der Waals surface area contributed by atoms with Crippen LogP contribution in [0, 0.1) is 6.92 Å². The summed E-state index contributed by atoms with van der Waals surface area (Å²) in [5.74, 6) is 0.918. The fourth-order valence-corrected chi connectivity index (χ4v) is 6.91. The van der Waals surface area contributed by atoms with Crippen LogP contribution in [-0.2, 0) is 0 Å². The molecule has 8 heteroatoms. The summed E-state index contributed by atoms with van der Waals surface area (Å²) < 4.78 is 8.38. The Morgan fingerprint density at radius 1 is 1.08 bits per heavy atom. The van der Waals surface area contributed by atoms with Crippen LogP contribution in [-0.4, -0.2) is 53.6 Å². The second-order valence-electron chi connectivity index (χ2n) is 9.65. The largest absolute Gasteiger partial charge is 0.490 e. The van der Waals surface area contributed by atoms with Crippen molar-refractivity contribution in [2.24, 2.45) is 4.99 Å². The van der Waals surface area contributed by atoms with Gasteiger partial charge in [0, 0.05) is 24.9 Å². The van der Waals surface area contributed by atoms with Gasteiger partial charge in [0.1, 0.15) is 17.2 Å². The van der Waals surface area contributed by atoms with Crippen molar-refractivity contribution < 1.29 is 4.74 Å². The maximum Gasteiger partial charge on any atom is 0.123 e. The number of rotatable bonds is 5. The van der Waals surface area contributed by atoms with Crippen molar-refractivity contribution in [1.29, 1.82) is 0 Å². The Bertz CT molecular complexity index is 1370. The lowest BCUT2D eigenvalue weighted by Crippen LogP contribution is -2.34. The van der Waals surface area contributed by atoms with Gasteiger partial charge in [-0.25, -0.2) is 4.52 Å². The Morgan fingerprint density at radius 2 is 1.89 bits per heavy atom. The molecule has 36 heavy (non-hydrogen) atoms. The molecule has 6 rings (SSSR count). The number of hydrogen-bond acceptors (Lipinski definition) is 7. The molecule has 3 aliphatic rings. The van der Waals surface area contributed by atoms with E-state index in [1.165, 1.54) is 27.3 Å². The minimum absolute atomic E-state index is 0.0859. The molecule has 0 aliphatic carbocycles. The van der Waals surface area contributed by atoms with Crippen molar-refractivity contribution in [3.63, 3.8) is 0 Å². The minimum atomic E-state index is 0.0859. The van der Waals surface area contributed by atoms with E-state index in [-0.39, 0.29) is 11.5 Å². The van der Waals surface area contributed by atoms with E-state index in [1.54, 1.807) is 0 Å². The second kappa shape index (κ2) is 9.67. The maximum atomic E-state index is 6.39. The molecule has 186 valence electrons. The molecule has 2 aromatic heterocycles. The third-order valence-electron chi connectivity index (χ3n) is 7.14. The van der Waals surface area contributed by atoms with Gasteiger partial charge in [-0.1, -0.05) is 42.1 Å². The zero-order chi connectivity index (χ0) is 24.6. The molecule has 1 aromatic carbocycles. The van der Waals surface area contributed by atoms with Gasteiger partial charge in [0.15, 0.2) is 0 Å². The van der Waals surface area contributed by atoms with Gasteiger partial charge in [-0.05, 0) is 57.0 Å². The fraction of sp³-hybridized carbons (Fsp3) is 0.357. The Balaban J connectivity index is 1.40. The number of aromatic nitrogens is 2. The average molecular weight is 501 g/mol. The highest BCUT2D eigenvalue weighted by Crippen LogP contribution is 2.54. The van der Waals surface area contributed by atoms with Gasteiger partial charge in [-0.3, -0.25) is 4.99 Å². The molecule has 0 spiro atoms. The molecule has 0 bridgehead atoms. The topological polar surface area (TPSA) is 66.2 Å². The fourth-order valence-electron chi connectivity index (χ4n) is 5.29. The Labute approximate surface area is 216 Å². The lowest BCUT2D eigenvalue weighted by Gasteiger charge is -2.25. The molecule has 1 saturated heterocycles. The number of pyridine rings is 1. The average Bonchev–Trinajstić information content (AvgIpc) is 3.40. The van der Waals surface area contributed by atoms with Crippen LogP contribution in [0.1, 0.15) is 42.0 Å². The van der Waals surface area contributed by atoms with Crippen LogP contribution in [0.2, 0.25) is 0 Å². The second-order valence-corrected chi connectivity index (χ2v) is 10.7. The van der Waals surface area contributed by atoms with Gasteiger partial charge < -0.3 is 20.3 Å². The van der Waals surface area contributed by atoms with E-state index >= 15 is 0 Å². The number of ether oxygens (including phenoxy) is 1. The van der Waals surface area contributed by atoms with Gasteiger partial charge in [-0.15, -0.1) is 0 Å². The van der Waals surface area contributed by atoms with Crippen LogP contribution < -0.4 is 15.4 Å². The third-order valence-corrected chi connectivity index (χ3v) is 8.55. The van der Waals surface area contributed by atoms with Gasteiger partial charge in [0.05, 0.1) is 40.4 Å². The van der Waals surface area contributed by atoms with E-state index in [9.17, 15) is 0 Å². The number of benzene rings is 1. The summed E-state index contributed by atoms with van der Waals surface area (Å²) in [7, 11) is 2.19. The number of fused-ring (bicyclic) bond motifs is 1. The lowest BCUT2D eigenvalue weighted by molar-refractivity contribution is 0.162. The van der Waals surface area contributed by atoms with Crippen LogP contribution >= 0.6 is 11.8 Å². The van der Waals surface area contributed by atoms with E-state index < -0.39 is 0 Å². The molecule has 3 aromatic rings. The highest BCUT2D eigenvalue weighted by Gasteiger charge is 2.37. The van der Waals surface area contributed by atoms with Gasteiger partial charge in [-0.2, -0.15) is 5.10 Å². The summed E-state index contributed by atoms with van der Waals surface area (Å²) in [6, 6.07) is 14.9. The summed E-state index contributed by atoms with van der Waals surface area (Å²) in [4.78, 5) is 8.05. The van der Waals surface area contributed by atoms with E-state index in [2.05, 4.69) is 77.8 Å². The molecule has 5 heterocycles. The van der Waals surface area contributed by atoms with Crippen molar-refractivity contribution in [3.05, 3.63) is 81.7 Å². The van der Waals surface area contributed by atoms with Crippen molar-refractivity contribution in [3.8, 4) is 5.75 Å². The first-order valence-corrected chi connectivity index (χ1v) is 13.5. The molecule has 0 amide bonds. The molecule has 1 unspecified atom stereocenters. The third kappa shape index (κ3) is 4.18. The van der Waals surface area contributed by atoms with Crippen molar-refractivity contribution in [1.82, 2.24) is 25.1 Å². The molecular weight excluding hydrogens is 468 g/mol. The highest BCUT2D eigenvalue weighted by molar-refractivity contribution is 8.04. The van der Waals surface area contributed by atoms with Crippen LogP contribution in [0.25, 0.3) is 11.2 Å². The number of hydrogen-bond donors (Lipinski definition) is 2. The number of piperidine rings is 1. The van der Waals surface area contributed by atoms with Gasteiger partial charge >= 0.3 is 0 Å². The van der Waals surface area contributed by atoms with E-state index in [0.717, 1.165) is 55.1 Å².